The Morgan fingerprint density at radius 1 is 1.24 bits per heavy atom. The molecule has 1 saturated heterocycles. The van der Waals surface area contributed by atoms with E-state index < -0.39 is 0 Å². The van der Waals surface area contributed by atoms with Gasteiger partial charge in [0.2, 0.25) is 0 Å². The van der Waals surface area contributed by atoms with E-state index in [-0.39, 0.29) is 0 Å². The van der Waals surface area contributed by atoms with Gasteiger partial charge in [-0.05, 0) is 43.2 Å². The first kappa shape index (κ1) is 11.3. The largest absolute Gasteiger partial charge is 0.353 e. The van der Waals surface area contributed by atoms with Crippen molar-refractivity contribution in [2.45, 2.75) is 44.0 Å². The highest BCUT2D eigenvalue weighted by Gasteiger charge is 2.35. The van der Waals surface area contributed by atoms with Crippen molar-refractivity contribution in [2.75, 3.05) is 11.4 Å². The number of anilines is 1. The molecule has 2 unspecified atom stereocenters. The molecule has 17 heavy (non-hydrogen) atoms. The molecular formula is C14H19ClN2. The molecule has 1 aliphatic heterocycles. The van der Waals surface area contributed by atoms with Crippen molar-refractivity contribution >= 4 is 17.4 Å². The number of hydrogen-bond acceptors (Lipinski definition) is 2. The first-order valence-electron chi connectivity index (χ1n) is 6.66. The van der Waals surface area contributed by atoms with Crippen LogP contribution in [0, 0.1) is 5.92 Å². The summed E-state index contributed by atoms with van der Waals surface area (Å²) in [5.41, 5.74) is 1.11. The van der Waals surface area contributed by atoms with Crippen LogP contribution in [0.4, 0.5) is 5.82 Å². The second-order valence-corrected chi connectivity index (χ2v) is 5.52. The zero-order chi connectivity index (χ0) is 11.7. The highest BCUT2D eigenvalue weighted by atomic mass is 35.5. The first-order chi connectivity index (χ1) is 8.38. The molecule has 3 heteroatoms. The molecule has 1 aromatic heterocycles. The molecular weight excluding hydrogens is 232 g/mol. The number of pyridine rings is 1. The average molecular weight is 251 g/mol. The van der Waals surface area contributed by atoms with Crippen molar-refractivity contribution in [2.24, 2.45) is 5.92 Å². The smallest absolute Gasteiger partial charge is 0.128 e. The molecule has 0 aromatic carbocycles. The van der Waals surface area contributed by atoms with Crippen LogP contribution in [-0.4, -0.2) is 17.6 Å². The minimum atomic E-state index is 0.555. The van der Waals surface area contributed by atoms with Gasteiger partial charge in [-0.1, -0.05) is 12.5 Å². The monoisotopic (exact) mass is 250 g/mol. The molecule has 2 nitrogen and oxygen atoms in total. The minimum absolute atomic E-state index is 0.555. The molecule has 1 aromatic rings. The lowest BCUT2D eigenvalue weighted by Gasteiger charge is -2.38. The summed E-state index contributed by atoms with van der Waals surface area (Å²) in [4.78, 5) is 7.10. The maximum Gasteiger partial charge on any atom is 0.128 e. The Morgan fingerprint density at radius 2 is 2.12 bits per heavy atom. The Bertz CT molecular complexity index is 376. The van der Waals surface area contributed by atoms with Crippen LogP contribution in [0.25, 0.3) is 0 Å². The third kappa shape index (κ3) is 2.15. The van der Waals surface area contributed by atoms with E-state index in [9.17, 15) is 0 Å². The molecule has 0 bridgehead atoms. The van der Waals surface area contributed by atoms with Crippen LogP contribution < -0.4 is 4.90 Å². The molecule has 0 N–H and O–H groups in total. The van der Waals surface area contributed by atoms with Gasteiger partial charge in [0.25, 0.3) is 0 Å². The average Bonchev–Trinajstić information content (AvgIpc) is 2.87. The lowest BCUT2D eigenvalue weighted by atomic mass is 9.92. The van der Waals surface area contributed by atoms with E-state index >= 15 is 0 Å². The standard InChI is InChI=1S/C14H19ClN2/c15-9-11-6-7-14(16-10-11)17-8-2-4-12-3-1-5-13(12)17/h6-7,10,12-13H,1-5,8-9H2. The summed E-state index contributed by atoms with van der Waals surface area (Å²) in [5.74, 6) is 2.62. The van der Waals surface area contributed by atoms with E-state index in [0.717, 1.165) is 23.3 Å². The highest BCUT2D eigenvalue weighted by Crippen LogP contribution is 2.38. The van der Waals surface area contributed by atoms with E-state index in [1.165, 1.54) is 38.6 Å². The van der Waals surface area contributed by atoms with Gasteiger partial charge >= 0.3 is 0 Å². The fraction of sp³-hybridized carbons (Fsp3) is 0.643. The molecule has 2 fully saturated rings. The number of fused-ring (bicyclic) bond motifs is 1. The summed E-state index contributed by atoms with van der Waals surface area (Å²) in [6.07, 6.45) is 8.82. The predicted octanol–water partition coefficient (Wildman–Crippen LogP) is 3.59. The minimum Gasteiger partial charge on any atom is -0.353 e. The van der Waals surface area contributed by atoms with E-state index in [2.05, 4.69) is 22.0 Å². The van der Waals surface area contributed by atoms with Crippen molar-refractivity contribution in [3.8, 4) is 0 Å². The summed E-state index contributed by atoms with van der Waals surface area (Å²) in [5, 5.41) is 0. The van der Waals surface area contributed by atoms with Gasteiger partial charge < -0.3 is 4.90 Å². The predicted molar refractivity (Wildman–Crippen MR) is 71.5 cm³/mol. The number of halogens is 1. The molecule has 2 atom stereocenters. The SMILES string of the molecule is ClCc1ccc(N2CCCC3CCCC32)nc1. The summed E-state index contributed by atoms with van der Waals surface area (Å²) in [6, 6.07) is 4.99. The maximum absolute atomic E-state index is 5.80. The molecule has 1 saturated carbocycles. The van der Waals surface area contributed by atoms with Gasteiger partial charge in [-0.2, -0.15) is 0 Å². The number of aromatic nitrogens is 1. The summed E-state index contributed by atoms with van der Waals surface area (Å²) in [6.45, 7) is 1.17. The Kier molecular flexibility index (Phi) is 3.24. The van der Waals surface area contributed by atoms with E-state index in [4.69, 9.17) is 11.6 Å². The van der Waals surface area contributed by atoms with Gasteiger partial charge in [0.1, 0.15) is 5.82 Å². The van der Waals surface area contributed by atoms with Gasteiger partial charge in [0.15, 0.2) is 0 Å². The Labute approximate surface area is 108 Å². The molecule has 3 rings (SSSR count). The van der Waals surface area contributed by atoms with Crippen molar-refractivity contribution in [1.82, 2.24) is 4.98 Å². The summed E-state index contributed by atoms with van der Waals surface area (Å²) >= 11 is 5.80. The molecule has 2 heterocycles. The summed E-state index contributed by atoms with van der Waals surface area (Å²) < 4.78 is 0. The van der Waals surface area contributed by atoms with E-state index in [1.807, 2.05) is 6.20 Å². The van der Waals surface area contributed by atoms with Crippen LogP contribution in [0.1, 0.15) is 37.7 Å². The Morgan fingerprint density at radius 3 is 2.88 bits per heavy atom. The highest BCUT2D eigenvalue weighted by molar-refractivity contribution is 6.17. The molecule has 0 radical (unpaired) electrons. The summed E-state index contributed by atoms with van der Waals surface area (Å²) in [7, 11) is 0. The van der Waals surface area contributed by atoms with Crippen LogP contribution in [0.15, 0.2) is 18.3 Å². The number of hydrogen-bond donors (Lipinski definition) is 0. The van der Waals surface area contributed by atoms with Gasteiger partial charge in [0.05, 0.1) is 0 Å². The normalized spacial score (nSPS) is 28.2. The van der Waals surface area contributed by atoms with Gasteiger partial charge in [-0.15, -0.1) is 11.6 Å². The first-order valence-corrected chi connectivity index (χ1v) is 7.19. The van der Waals surface area contributed by atoms with Crippen LogP contribution in [0.2, 0.25) is 0 Å². The van der Waals surface area contributed by atoms with Crippen LogP contribution in [-0.2, 0) is 5.88 Å². The fourth-order valence-corrected chi connectivity index (χ4v) is 3.56. The van der Waals surface area contributed by atoms with Gasteiger partial charge in [-0.25, -0.2) is 4.98 Å². The third-order valence-corrected chi connectivity index (χ3v) is 4.56. The third-order valence-electron chi connectivity index (χ3n) is 4.25. The van der Waals surface area contributed by atoms with Crippen molar-refractivity contribution in [3.63, 3.8) is 0 Å². The topological polar surface area (TPSA) is 16.1 Å². The van der Waals surface area contributed by atoms with Crippen LogP contribution >= 0.6 is 11.6 Å². The molecule has 2 aliphatic rings. The Hall–Kier alpha value is -0.760. The number of alkyl halides is 1. The number of rotatable bonds is 2. The zero-order valence-corrected chi connectivity index (χ0v) is 10.9. The van der Waals surface area contributed by atoms with Gasteiger partial charge in [-0.3, -0.25) is 0 Å². The molecule has 92 valence electrons. The lowest BCUT2D eigenvalue weighted by Crippen LogP contribution is -2.43. The van der Waals surface area contributed by atoms with Crippen LogP contribution in [0.5, 0.6) is 0 Å². The molecule has 0 spiro atoms. The second-order valence-electron chi connectivity index (χ2n) is 5.25. The second kappa shape index (κ2) is 4.85. The molecule has 0 amide bonds. The van der Waals surface area contributed by atoms with Crippen molar-refractivity contribution < 1.29 is 0 Å². The zero-order valence-electron chi connectivity index (χ0n) is 10.1. The van der Waals surface area contributed by atoms with Crippen molar-refractivity contribution in [3.05, 3.63) is 23.9 Å². The van der Waals surface area contributed by atoms with Crippen LogP contribution in [0.3, 0.4) is 0 Å². The van der Waals surface area contributed by atoms with E-state index in [0.29, 0.717) is 5.88 Å². The van der Waals surface area contributed by atoms with E-state index in [1.54, 1.807) is 0 Å². The molecule has 1 aliphatic carbocycles. The maximum atomic E-state index is 5.80. The number of nitrogens with zero attached hydrogens (tertiary/aromatic N) is 2. The Balaban J connectivity index is 1.81. The van der Waals surface area contributed by atoms with Crippen molar-refractivity contribution in [1.29, 1.82) is 0 Å². The lowest BCUT2D eigenvalue weighted by molar-refractivity contribution is 0.360. The fourth-order valence-electron chi connectivity index (χ4n) is 3.40. The van der Waals surface area contributed by atoms with Gasteiger partial charge in [0, 0.05) is 24.7 Å². The quantitative estimate of drug-likeness (QED) is 0.746. The number of piperidine rings is 1.